The number of carboxylic acids is 1. The van der Waals surface area contributed by atoms with Crippen molar-refractivity contribution in [1.82, 2.24) is 5.32 Å². The van der Waals surface area contributed by atoms with Crippen molar-refractivity contribution in [3.8, 4) is 11.1 Å². The van der Waals surface area contributed by atoms with Gasteiger partial charge in [0.1, 0.15) is 0 Å². The fourth-order valence-corrected chi connectivity index (χ4v) is 4.17. The molecule has 3 rings (SSSR count). The predicted molar refractivity (Wildman–Crippen MR) is 123 cm³/mol. The third-order valence-corrected chi connectivity index (χ3v) is 5.57. The molecule has 0 saturated carbocycles. The molecule has 2 unspecified atom stereocenters. The molecule has 1 aliphatic rings. The molecule has 2 aromatic carbocycles. The molecule has 0 aliphatic carbocycles. The zero-order valence-corrected chi connectivity index (χ0v) is 18.9. The van der Waals surface area contributed by atoms with Crippen LogP contribution in [0.4, 0.5) is 10.5 Å². The lowest BCUT2D eigenvalue weighted by atomic mass is 9.89. The summed E-state index contributed by atoms with van der Waals surface area (Å²) in [6.07, 6.45) is 0.451. The van der Waals surface area contributed by atoms with Crippen molar-refractivity contribution in [2.45, 2.75) is 65.1 Å². The number of hydrogen-bond donors (Lipinski definition) is 2. The topological polar surface area (TPSA) is 95.9 Å². The second-order valence-electron chi connectivity index (χ2n) is 8.49. The van der Waals surface area contributed by atoms with E-state index in [1.807, 2.05) is 49.4 Å². The number of nitrogens with one attached hydrogen (secondary N) is 1. The van der Waals surface area contributed by atoms with Crippen LogP contribution >= 0.6 is 0 Å². The Bertz CT molecular complexity index is 1000. The molecule has 7 nitrogen and oxygen atoms in total. The average molecular weight is 439 g/mol. The van der Waals surface area contributed by atoms with Gasteiger partial charge in [-0.25, -0.2) is 4.79 Å². The fourth-order valence-electron chi connectivity index (χ4n) is 4.17. The summed E-state index contributed by atoms with van der Waals surface area (Å²) in [5, 5.41) is 11.8. The van der Waals surface area contributed by atoms with Crippen molar-refractivity contribution < 1.29 is 24.2 Å². The minimum atomic E-state index is -0.817. The standard InChI is InChI=1S/C25H30N2O5/c1-15(2)32-25(31)26-22-13-16(3)27(17(4)28)23-11-10-20(14-21(22)23)19-8-5-18(6-9-19)7-12-24(29)30/h5-6,8-11,14-16,22H,7,12-13H2,1-4H3,(H,26,31)(H,29,30). The number of alkyl carbamates (subject to hydrolysis) is 1. The third kappa shape index (κ3) is 5.46. The number of anilines is 1. The molecule has 1 heterocycles. The Kier molecular flexibility index (Phi) is 7.18. The Balaban J connectivity index is 1.93. The summed E-state index contributed by atoms with van der Waals surface area (Å²) in [6.45, 7) is 7.11. The lowest BCUT2D eigenvalue weighted by Gasteiger charge is -2.39. The summed E-state index contributed by atoms with van der Waals surface area (Å²) in [5.74, 6) is -0.861. The highest BCUT2D eigenvalue weighted by Gasteiger charge is 2.33. The normalized spacial score (nSPS) is 17.6. The fraction of sp³-hybridized carbons (Fsp3) is 0.400. The number of fused-ring (bicyclic) bond motifs is 1. The minimum Gasteiger partial charge on any atom is -0.481 e. The van der Waals surface area contributed by atoms with Gasteiger partial charge in [-0.15, -0.1) is 0 Å². The number of hydrogen-bond acceptors (Lipinski definition) is 4. The maximum absolute atomic E-state index is 12.3. The van der Waals surface area contributed by atoms with Gasteiger partial charge in [-0.3, -0.25) is 9.59 Å². The van der Waals surface area contributed by atoms with Gasteiger partial charge in [0.05, 0.1) is 12.1 Å². The van der Waals surface area contributed by atoms with Gasteiger partial charge in [-0.1, -0.05) is 30.3 Å². The minimum absolute atomic E-state index is 0.0440. The van der Waals surface area contributed by atoms with E-state index in [0.29, 0.717) is 12.8 Å². The first-order chi connectivity index (χ1) is 15.2. The van der Waals surface area contributed by atoms with Crippen molar-refractivity contribution >= 4 is 23.7 Å². The molecule has 2 N–H and O–H groups in total. The molecular formula is C25H30N2O5. The van der Waals surface area contributed by atoms with Gasteiger partial charge in [-0.2, -0.15) is 0 Å². The first-order valence-corrected chi connectivity index (χ1v) is 10.9. The SMILES string of the molecule is CC(=O)N1c2ccc(-c3ccc(CCC(=O)O)cc3)cc2C(NC(=O)OC(C)C)CC1C. The first kappa shape index (κ1) is 23.3. The largest absolute Gasteiger partial charge is 0.481 e. The van der Waals surface area contributed by atoms with E-state index in [2.05, 4.69) is 5.32 Å². The molecule has 2 aromatic rings. The summed E-state index contributed by atoms with van der Waals surface area (Å²) in [5.41, 5.74) is 4.54. The molecule has 7 heteroatoms. The first-order valence-electron chi connectivity index (χ1n) is 10.9. The molecule has 0 fully saturated rings. The van der Waals surface area contributed by atoms with Gasteiger partial charge in [0.2, 0.25) is 5.91 Å². The zero-order chi connectivity index (χ0) is 23.4. The number of carbonyl (C=O) groups excluding carboxylic acids is 2. The highest BCUT2D eigenvalue weighted by molar-refractivity contribution is 5.94. The second kappa shape index (κ2) is 9.85. The number of benzene rings is 2. The van der Waals surface area contributed by atoms with Crippen molar-refractivity contribution in [1.29, 1.82) is 0 Å². The van der Waals surface area contributed by atoms with E-state index in [9.17, 15) is 14.4 Å². The molecule has 0 bridgehead atoms. The van der Waals surface area contributed by atoms with E-state index in [1.54, 1.807) is 25.7 Å². The number of nitrogens with zero attached hydrogens (tertiary/aromatic N) is 1. The van der Waals surface area contributed by atoms with Crippen LogP contribution in [0.3, 0.4) is 0 Å². The summed E-state index contributed by atoms with van der Waals surface area (Å²) < 4.78 is 5.27. The van der Waals surface area contributed by atoms with Crippen LogP contribution in [0.2, 0.25) is 0 Å². The number of amides is 2. The van der Waals surface area contributed by atoms with E-state index in [4.69, 9.17) is 9.84 Å². The van der Waals surface area contributed by atoms with E-state index in [1.165, 1.54) is 0 Å². The number of carboxylic acid groups (broad SMARTS) is 1. The van der Waals surface area contributed by atoms with E-state index in [-0.39, 0.29) is 30.5 Å². The monoisotopic (exact) mass is 438 g/mol. The van der Waals surface area contributed by atoms with Crippen LogP contribution in [0.25, 0.3) is 11.1 Å². The van der Waals surface area contributed by atoms with E-state index in [0.717, 1.165) is 27.9 Å². The molecule has 2 atom stereocenters. The van der Waals surface area contributed by atoms with E-state index < -0.39 is 12.1 Å². The molecule has 0 saturated heterocycles. The number of aliphatic carboxylic acids is 1. The Morgan fingerprint density at radius 1 is 1.12 bits per heavy atom. The molecule has 170 valence electrons. The quantitative estimate of drug-likeness (QED) is 0.682. The van der Waals surface area contributed by atoms with Crippen molar-refractivity contribution in [2.75, 3.05) is 4.90 Å². The number of rotatable bonds is 6. The predicted octanol–water partition coefficient (Wildman–Crippen LogP) is 4.69. The molecular weight excluding hydrogens is 408 g/mol. The Hall–Kier alpha value is -3.35. The van der Waals surface area contributed by atoms with Crippen LogP contribution < -0.4 is 10.2 Å². The van der Waals surface area contributed by atoms with Crippen LogP contribution in [0.15, 0.2) is 42.5 Å². The molecule has 0 aromatic heterocycles. The molecule has 1 aliphatic heterocycles. The van der Waals surface area contributed by atoms with Gasteiger partial charge in [0.15, 0.2) is 0 Å². The van der Waals surface area contributed by atoms with Crippen LogP contribution in [-0.2, 0) is 20.7 Å². The van der Waals surface area contributed by atoms with Crippen LogP contribution in [0, 0.1) is 0 Å². The van der Waals surface area contributed by atoms with Gasteiger partial charge >= 0.3 is 12.1 Å². The summed E-state index contributed by atoms with van der Waals surface area (Å²) in [7, 11) is 0. The number of carbonyl (C=O) groups is 3. The van der Waals surface area contributed by atoms with Crippen molar-refractivity contribution in [3.05, 3.63) is 53.6 Å². The molecule has 32 heavy (non-hydrogen) atoms. The Morgan fingerprint density at radius 2 is 1.78 bits per heavy atom. The number of aryl methyl sites for hydroxylation is 1. The lowest BCUT2D eigenvalue weighted by molar-refractivity contribution is -0.137. The second-order valence-corrected chi connectivity index (χ2v) is 8.49. The lowest BCUT2D eigenvalue weighted by Crippen LogP contribution is -2.45. The van der Waals surface area contributed by atoms with Gasteiger partial charge < -0.3 is 20.1 Å². The molecule has 0 radical (unpaired) electrons. The van der Waals surface area contributed by atoms with Gasteiger partial charge in [0.25, 0.3) is 0 Å². The average Bonchev–Trinajstić information content (AvgIpc) is 2.71. The third-order valence-electron chi connectivity index (χ3n) is 5.57. The van der Waals surface area contributed by atoms with Gasteiger partial charge in [-0.05, 0) is 68.0 Å². The summed E-state index contributed by atoms with van der Waals surface area (Å²) >= 11 is 0. The van der Waals surface area contributed by atoms with Crippen molar-refractivity contribution in [2.24, 2.45) is 0 Å². The maximum Gasteiger partial charge on any atom is 0.407 e. The summed E-state index contributed by atoms with van der Waals surface area (Å²) in [6, 6.07) is 13.3. The highest BCUT2D eigenvalue weighted by Crippen LogP contribution is 2.39. The summed E-state index contributed by atoms with van der Waals surface area (Å²) in [4.78, 5) is 37.2. The maximum atomic E-state index is 12.3. The smallest absolute Gasteiger partial charge is 0.407 e. The number of ether oxygens (including phenoxy) is 1. The van der Waals surface area contributed by atoms with Crippen molar-refractivity contribution in [3.63, 3.8) is 0 Å². The van der Waals surface area contributed by atoms with Gasteiger partial charge in [0, 0.05) is 25.1 Å². The van der Waals surface area contributed by atoms with Crippen LogP contribution in [-0.4, -0.2) is 35.2 Å². The Labute approximate surface area is 188 Å². The molecule has 2 amide bonds. The highest BCUT2D eigenvalue weighted by atomic mass is 16.6. The van der Waals surface area contributed by atoms with Crippen LogP contribution in [0.5, 0.6) is 0 Å². The zero-order valence-electron chi connectivity index (χ0n) is 18.9. The van der Waals surface area contributed by atoms with Crippen LogP contribution in [0.1, 0.15) is 57.7 Å². The Morgan fingerprint density at radius 3 is 2.38 bits per heavy atom. The van der Waals surface area contributed by atoms with E-state index >= 15 is 0 Å². The molecule has 0 spiro atoms.